The molecule has 2 aliphatic carbocycles. The summed E-state index contributed by atoms with van der Waals surface area (Å²) in [5.41, 5.74) is 2.08. The summed E-state index contributed by atoms with van der Waals surface area (Å²) in [6, 6.07) is 3.62. The first kappa shape index (κ1) is 24.5. The maximum Gasteiger partial charge on any atom is 0.435 e. The third-order valence-electron chi connectivity index (χ3n) is 6.67. The van der Waals surface area contributed by atoms with Crippen molar-refractivity contribution in [2.75, 3.05) is 5.32 Å². The topological polar surface area (TPSA) is 88.9 Å². The number of fused-ring (bicyclic) bond motifs is 2. The second-order valence-electron chi connectivity index (χ2n) is 9.14. The lowest BCUT2D eigenvalue weighted by molar-refractivity contribution is -0.142. The fourth-order valence-corrected chi connectivity index (χ4v) is 6.30. The minimum atomic E-state index is -4.56. The van der Waals surface area contributed by atoms with Crippen LogP contribution in [0.4, 0.5) is 18.2 Å². The Balaban J connectivity index is 1.37. The molecule has 2 N–H and O–H groups in total. The van der Waals surface area contributed by atoms with Crippen molar-refractivity contribution in [2.24, 2.45) is 0 Å². The minimum Gasteiger partial charge on any atom is -0.348 e. The van der Waals surface area contributed by atoms with Crippen molar-refractivity contribution in [2.45, 2.75) is 70.6 Å². The quantitative estimate of drug-likeness (QED) is 0.497. The second kappa shape index (κ2) is 10.0. The van der Waals surface area contributed by atoms with Crippen LogP contribution in [0.2, 0.25) is 0 Å². The molecular formula is C25H26F3N5O2S. The predicted molar refractivity (Wildman–Crippen MR) is 129 cm³/mol. The standard InChI is InChI=1S/C25H26F3N5O2S/c26-25(27,28)22-16-5-1-3-7-18(16)33(32-22)14-20(34)31-24-21(17-6-2-4-8-19(17)36-24)23(35)30-13-15-9-11-29-12-10-15/h9-12H,1-8,13-14H2,(H,30,35)(H,31,34). The lowest BCUT2D eigenvalue weighted by Crippen LogP contribution is -2.26. The van der Waals surface area contributed by atoms with Crippen LogP contribution in [0, 0.1) is 0 Å². The van der Waals surface area contributed by atoms with Gasteiger partial charge in [0, 0.05) is 35.1 Å². The van der Waals surface area contributed by atoms with Crippen LogP contribution in [0.15, 0.2) is 24.5 Å². The number of carbonyl (C=O) groups excluding carboxylic acids is 2. The number of nitrogens with zero attached hydrogens (tertiary/aromatic N) is 3. The molecular weight excluding hydrogens is 491 g/mol. The summed E-state index contributed by atoms with van der Waals surface area (Å²) in [6.45, 7) is -0.0158. The normalized spacial score (nSPS) is 15.2. The monoisotopic (exact) mass is 517 g/mol. The first-order valence-electron chi connectivity index (χ1n) is 12.1. The van der Waals surface area contributed by atoms with E-state index in [1.54, 1.807) is 12.4 Å². The lowest BCUT2D eigenvalue weighted by atomic mass is 9.95. The van der Waals surface area contributed by atoms with Gasteiger partial charge < -0.3 is 10.6 Å². The maximum absolute atomic E-state index is 13.5. The fraction of sp³-hybridized carbons (Fsp3) is 0.440. The number of thiophene rings is 1. The number of hydrogen-bond acceptors (Lipinski definition) is 5. The van der Waals surface area contributed by atoms with Crippen LogP contribution in [0.3, 0.4) is 0 Å². The van der Waals surface area contributed by atoms with Crippen LogP contribution in [0.1, 0.15) is 69.0 Å². The molecule has 3 heterocycles. The van der Waals surface area contributed by atoms with Crippen molar-refractivity contribution in [3.05, 3.63) is 63.0 Å². The first-order valence-corrected chi connectivity index (χ1v) is 12.9. The van der Waals surface area contributed by atoms with E-state index >= 15 is 0 Å². The van der Waals surface area contributed by atoms with Gasteiger partial charge in [-0.25, -0.2) is 0 Å². The van der Waals surface area contributed by atoms with E-state index in [0.717, 1.165) is 48.1 Å². The van der Waals surface area contributed by atoms with Crippen molar-refractivity contribution in [1.29, 1.82) is 0 Å². The Kier molecular flexibility index (Phi) is 6.83. The van der Waals surface area contributed by atoms with E-state index in [2.05, 4.69) is 20.7 Å². The zero-order chi connectivity index (χ0) is 25.3. The number of halogens is 3. The molecule has 0 saturated heterocycles. The van der Waals surface area contributed by atoms with Gasteiger partial charge in [0.2, 0.25) is 5.91 Å². The van der Waals surface area contributed by atoms with E-state index < -0.39 is 17.8 Å². The fourth-order valence-electron chi connectivity index (χ4n) is 5.00. The number of nitrogens with one attached hydrogen (secondary N) is 2. The van der Waals surface area contributed by atoms with Gasteiger partial charge in [-0.3, -0.25) is 19.3 Å². The SMILES string of the molecule is O=C(Cn1nc(C(F)(F)F)c2c1CCCC2)Nc1sc2c(c1C(=O)NCc1ccncc1)CCCC2. The largest absolute Gasteiger partial charge is 0.435 e. The molecule has 0 saturated carbocycles. The number of pyridine rings is 1. The second-order valence-corrected chi connectivity index (χ2v) is 10.2. The number of aryl methyl sites for hydroxylation is 1. The lowest BCUT2D eigenvalue weighted by Gasteiger charge is -2.15. The number of aromatic nitrogens is 3. The van der Waals surface area contributed by atoms with Crippen molar-refractivity contribution in [3.8, 4) is 0 Å². The van der Waals surface area contributed by atoms with Crippen LogP contribution >= 0.6 is 11.3 Å². The molecule has 36 heavy (non-hydrogen) atoms. The zero-order valence-electron chi connectivity index (χ0n) is 19.6. The van der Waals surface area contributed by atoms with Gasteiger partial charge in [0.1, 0.15) is 11.5 Å². The average Bonchev–Trinajstić information content (AvgIpc) is 3.41. The van der Waals surface area contributed by atoms with Gasteiger partial charge in [-0.2, -0.15) is 18.3 Å². The molecule has 0 unspecified atom stereocenters. The Hall–Kier alpha value is -3.21. The van der Waals surface area contributed by atoms with E-state index in [1.807, 2.05) is 12.1 Å². The van der Waals surface area contributed by atoms with Gasteiger partial charge in [0.25, 0.3) is 5.91 Å². The van der Waals surface area contributed by atoms with E-state index in [9.17, 15) is 22.8 Å². The van der Waals surface area contributed by atoms with Crippen molar-refractivity contribution < 1.29 is 22.8 Å². The third kappa shape index (κ3) is 5.02. The molecule has 2 amide bonds. The van der Waals surface area contributed by atoms with E-state index in [0.29, 0.717) is 42.1 Å². The van der Waals surface area contributed by atoms with Crippen molar-refractivity contribution >= 4 is 28.2 Å². The highest BCUT2D eigenvalue weighted by atomic mass is 32.1. The molecule has 5 rings (SSSR count). The number of hydrogen-bond donors (Lipinski definition) is 2. The van der Waals surface area contributed by atoms with Crippen LogP contribution in [0.25, 0.3) is 0 Å². The van der Waals surface area contributed by atoms with Gasteiger partial charge in [-0.15, -0.1) is 11.3 Å². The number of alkyl halides is 3. The van der Waals surface area contributed by atoms with E-state index in [4.69, 9.17) is 0 Å². The summed E-state index contributed by atoms with van der Waals surface area (Å²) in [5, 5.41) is 9.96. The van der Waals surface area contributed by atoms with Crippen molar-refractivity contribution in [3.63, 3.8) is 0 Å². The zero-order valence-corrected chi connectivity index (χ0v) is 20.4. The summed E-state index contributed by atoms with van der Waals surface area (Å²) in [4.78, 5) is 31.3. The average molecular weight is 518 g/mol. The molecule has 11 heteroatoms. The first-order chi connectivity index (χ1) is 17.3. The highest BCUT2D eigenvalue weighted by molar-refractivity contribution is 7.17. The Bertz CT molecular complexity index is 1280. The molecule has 0 aliphatic heterocycles. The molecule has 0 bridgehead atoms. The molecule has 0 spiro atoms. The molecule has 7 nitrogen and oxygen atoms in total. The summed E-state index contributed by atoms with van der Waals surface area (Å²) < 4.78 is 41.7. The van der Waals surface area contributed by atoms with E-state index in [1.165, 1.54) is 16.0 Å². The van der Waals surface area contributed by atoms with E-state index in [-0.39, 0.29) is 18.0 Å². The highest BCUT2D eigenvalue weighted by Crippen LogP contribution is 2.39. The van der Waals surface area contributed by atoms with Gasteiger partial charge in [-0.05, 0) is 74.6 Å². The highest BCUT2D eigenvalue weighted by Gasteiger charge is 2.39. The molecule has 3 aromatic heterocycles. The van der Waals surface area contributed by atoms with Gasteiger partial charge in [-0.1, -0.05) is 0 Å². The minimum absolute atomic E-state index is 0.198. The molecule has 190 valence electrons. The number of rotatable bonds is 6. The van der Waals surface area contributed by atoms with Gasteiger partial charge in [0.05, 0.1) is 5.56 Å². The van der Waals surface area contributed by atoms with Gasteiger partial charge in [0.15, 0.2) is 5.69 Å². The summed E-state index contributed by atoms with van der Waals surface area (Å²) in [6.07, 6.45) is 4.51. The van der Waals surface area contributed by atoms with Crippen LogP contribution in [-0.2, 0) is 49.7 Å². The molecule has 0 radical (unpaired) electrons. The molecule has 3 aromatic rings. The maximum atomic E-state index is 13.5. The molecule has 0 fully saturated rings. The Morgan fingerprint density at radius 2 is 1.69 bits per heavy atom. The Labute approximate surface area is 210 Å². The van der Waals surface area contributed by atoms with Crippen LogP contribution in [-0.4, -0.2) is 26.6 Å². The molecule has 0 aromatic carbocycles. The smallest absolute Gasteiger partial charge is 0.348 e. The molecule has 2 aliphatic rings. The Morgan fingerprint density at radius 1 is 1.00 bits per heavy atom. The summed E-state index contributed by atoms with van der Waals surface area (Å²) in [7, 11) is 0. The summed E-state index contributed by atoms with van der Waals surface area (Å²) in [5.74, 6) is -0.779. The van der Waals surface area contributed by atoms with Crippen LogP contribution in [0.5, 0.6) is 0 Å². The van der Waals surface area contributed by atoms with Gasteiger partial charge >= 0.3 is 6.18 Å². The number of amides is 2. The van der Waals surface area contributed by atoms with Crippen molar-refractivity contribution in [1.82, 2.24) is 20.1 Å². The summed E-state index contributed by atoms with van der Waals surface area (Å²) >= 11 is 1.38. The third-order valence-corrected chi connectivity index (χ3v) is 7.88. The Morgan fingerprint density at radius 3 is 2.44 bits per heavy atom. The number of carbonyl (C=O) groups is 2. The van der Waals surface area contributed by atoms with Crippen LogP contribution < -0.4 is 10.6 Å². The molecule has 0 atom stereocenters. The number of anilines is 1. The predicted octanol–water partition coefficient (Wildman–Crippen LogP) is 4.68.